The van der Waals surface area contributed by atoms with Crippen molar-refractivity contribution in [3.05, 3.63) is 29.6 Å². The van der Waals surface area contributed by atoms with E-state index < -0.39 is 34.7 Å². The van der Waals surface area contributed by atoms with Gasteiger partial charge in [0.1, 0.15) is 11.4 Å². The summed E-state index contributed by atoms with van der Waals surface area (Å²) >= 11 is 0. The van der Waals surface area contributed by atoms with Crippen molar-refractivity contribution in [2.24, 2.45) is 11.1 Å². The van der Waals surface area contributed by atoms with Gasteiger partial charge in [0.05, 0.1) is 11.1 Å². The van der Waals surface area contributed by atoms with E-state index >= 15 is 0 Å². The first kappa shape index (κ1) is 16.4. The van der Waals surface area contributed by atoms with E-state index in [1.165, 1.54) is 12.1 Å². The number of aromatic carboxylic acids is 1. The molecule has 0 unspecified atom stereocenters. The number of anilines is 1. The number of nitrogens with two attached hydrogens (primary N) is 1. The summed E-state index contributed by atoms with van der Waals surface area (Å²) in [5.41, 5.74) is 3.37. The molecule has 0 heterocycles. The molecule has 0 bridgehead atoms. The zero-order valence-corrected chi connectivity index (χ0v) is 11.6. The molecule has 0 aromatic heterocycles. The van der Waals surface area contributed by atoms with Crippen LogP contribution in [0.5, 0.6) is 0 Å². The summed E-state index contributed by atoms with van der Waals surface area (Å²) in [6, 6.07) is 2.73. The summed E-state index contributed by atoms with van der Waals surface area (Å²) in [7, 11) is 0. The van der Waals surface area contributed by atoms with Crippen LogP contribution in [0, 0.1) is 11.2 Å². The van der Waals surface area contributed by atoms with Crippen molar-refractivity contribution in [2.75, 3.05) is 11.9 Å². The molecule has 3 amide bonds. The Balaban J connectivity index is 2.79. The monoisotopic (exact) mass is 297 g/mol. The summed E-state index contributed by atoms with van der Waals surface area (Å²) in [5.74, 6) is -3.06. The summed E-state index contributed by atoms with van der Waals surface area (Å²) in [6.45, 7) is 3.03. The Kier molecular flexibility index (Phi) is 4.85. The second-order valence-corrected chi connectivity index (χ2v) is 5.02. The van der Waals surface area contributed by atoms with Crippen LogP contribution in [-0.4, -0.2) is 29.6 Å². The van der Waals surface area contributed by atoms with E-state index in [1.54, 1.807) is 13.8 Å². The van der Waals surface area contributed by atoms with Crippen LogP contribution >= 0.6 is 0 Å². The highest BCUT2D eigenvalue weighted by molar-refractivity contribution is 6.00. The van der Waals surface area contributed by atoms with Crippen molar-refractivity contribution < 1.29 is 23.9 Å². The highest BCUT2D eigenvalue weighted by Gasteiger charge is 2.25. The molecule has 0 radical (unpaired) electrons. The van der Waals surface area contributed by atoms with Gasteiger partial charge in [-0.2, -0.15) is 0 Å². The molecule has 21 heavy (non-hydrogen) atoms. The van der Waals surface area contributed by atoms with Gasteiger partial charge in [-0.05, 0) is 26.0 Å². The summed E-state index contributed by atoms with van der Waals surface area (Å²) < 4.78 is 13.4. The molecular formula is C13H16FN3O4. The topological polar surface area (TPSA) is 122 Å². The van der Waals surface area contributed by atoms with Crippen molar-refractivity contribution in [3.8, 4) is 0 Å². The summed E-state index contributed by atoms with van der Waals surface area (Å²) in [4.78, 5) is 33.7. The minimum atomic E-state index is -1.50. The lowest BCUT2D eigenvalue weighted by molar-refractivity contribution is -0.125. The fourth-order valence-corrected chi connectivity index (χ4v) is 1.40. The average Bonchev–Trinajstić information content (AvgIpc) is 2.36. The standard InChI is InChI=1S/C13H16FN3O4/c1-13(2,11(15)20)6-16-12(21)17-8-5-3-4-7(14)9(8)10(18)19/h3-5H,6H2,1-2H3,(H2,15,20)(H,18,19)(H2,16,17,21). The normalized spacial score (nSPS) is 10.8. The molecule has 0 saturated carbocycles. The predicted octanol–water partition coefficient (Wildman–Crippen LogP) is 1.16. The predicted molar refractivity (Wildman–Crippen MR) is 73.4 cm³/mol. The van der Waals surface area contributed by atoms with Gasteiger partial charge in [0.25, 0.3) is 0 Å². The fraction of sp³-hybridized carbons (Fsp3) is 0.308. The zero-order chi connectivity index (χ0) is 16.2. The number of urea groups is 1. The number of carboxylic acids is 1. The Morgan fingerprint density at radius 3 is 2.48 bits per heavy atom. The van der Waals surface area contributed by atoms with Crippen molar-refractivity contribution in [2.45, 2.75) is 13.8 Å². The number of rotatable bonds is 5. The van der Waals surface area contributed by atoms with E-state index in [0.29, 0.717) is 0 Å². The van der Waals surface area contributed by atoms with Crippen LogP contribution in [0.4, 0.5) is 14.9 Å². The Labute approximate surface area is 120 Å². The number of benzene rings is 1. The Morgan fingerprint density at radius 2 is 1.95 bits per heavy atom. The third-order valence-corrected chi connectivity index (χ3v) is 2.83. The smallest absolute Gasteiger partial charge is 0.340 e. The van der Waals surface area contributed by atoms with Gasteiger partial charge in [0.2, 0.25) is 5.91 Å². The van der Waals surface area contributed by atoms with Crippen LogP contribution in [0.2, 0.25) is 0 Å². The van der Waals surface area contributed by atoms with Gasteiger partial charge in [-0.1, -0.05) is 6.07 Å². The first-order valence-electron chi connectivity index (χ1n) is 6.01. The number of nitrogens with one attached hydrogen (secondary N) is 2. The number of carbonyl (C=O) groups is 3. The molecule has 0 aliphatic heterocycles. The number of carbonyl (C=O) groups excluding carboxylic acids is 2. The Morgan fingerprint density at radius 1 is 1.33 bits per heavy atom. The molecule has 0 spiro atoms. The maximum absolute atomic E-state index is 13.4. The second-order valence-electron chi connectivity index (χ2n) is 5.02. The maximum atomic E-state index is 13.4. The molecule has 5 N–H and O–H groups in total. The number of hydrogen-bond acceptors (Lipinski definition) is 3. The van der Waals surface area contributed by atoms with Crippen molar-refractivity contribution in [1.82, 2.24) is 5.32 Å². The zero-order valence-electron chi connectivity index (χ0n) is 11.6. The van der Waals surface area contributed by atoms with Gasteiger partial charge >= 0.3 is 12.0 Å². The third kappa shape index (κ3) is 4.16. The molecule has 1 aromatic carbocycles. The van der Waals surface area contributed by atoms with Crippen LogP contribution in [0.1, 0.15) is 24.2 Å². The molecule has 0 aliphatic carbocycles. The van der Waals surface area contributed by atoms with Gasteiger partial charge in [-0.15, -0.1) is 0 Å². The minimum Gasteiger partial charge on any atom is -0.478 e. The Hall–Kier alpha value is -2.64. The largest absolute Gasteiger partial charge is 0.478 e. The molecule has 114 valence electrons. The lowest BCUT2D eigenvalue weighted by Gasteiger charge is -2.21. The molecule has 1 rings (SSSR count). The first-order valence-corrected chi connectivity index (χ1v) is 6.01. The Bertz CT molecular complexity index is 587. The average molecular weight is 297 g/mol. The van der Waals surface area contributed by atoms with Gasteiger partial charge < -0.3 is 21.5 Å². The van der Waals surface area contributed by atoms with Crippen molar-refractivity contribution in [3.63, 3.8) is 0 Å². The van der Waals surface area contributed by atoms with Crippen LogP contribution in [0.3, 0.4) is 0 Å². The SMILES string of the molecule is CC(C)(CNC(=O)Nc1cccc(F)c1C(=O)O)C(N)=O. The molecule has 1 aromatic rings. The number of primary amides is 1. The third-order valence-electron chi connectivity index (χ3n) is 2.83. The van der Waals surface area contributed by atoms with E-state index in [-0.39, 0.29) is 12.2 Å². The summed E-state index contributed by atoms with van der Waals surface area (Å²) in [5, 5.41) is 13.5. The molecule has 8 heteroatoms. The van der Waals surface area contributed by atoms with Gasteiger partial charge in [0.15, 0.2) is 0 Å². The number of halogens is 1. The first-order chi connectivity index (χ1) is 9.65. The molecule has 0 fully saturated rings. The van der Waals surface area contributed by atoms with Crippen molar-refractivity contribution >= 4 is 23.6 Å². The van der Waals surface area contributed by atoms with Gasteiger partial charge in [0, 0.05) is 6.54 Å². The quantitative estimate of drug-likeness (QED) is 0.651. The molecule has 0 saturated heterocycles. The highest BCUT2D eigenvalue weighted by atomic mass is 19.1. The van der Waals surface area contributed by atoms with E-state index in [4.69, 9.17) is 10.8 Å². The van der Waals surface area contributed by atoms with Crippen molar-refractivity contribution in [1.29, 1.82) is 0 Å². The van der Waals surface area contributed by atoms with E-state index in [2.05, 4.69) is 10.6 Å². The maximum Gasteiger partial charge on any atom is 0.340 e. The number of amides is 3. The van der Waals surface area contributed by atoms with E-state index in [9.17, 15) is 18.8 Å². The summed E-state index contributed by atoms with van der Waals surface area (Å²) in [6.07, 6.45) is 0. The van der Waals surface area contributed by atoms with Crippen LogP contribution < -0.4 is 16.4 Å². The van der Waals surface area contributed by atoms with Gasteiger partial charge in [-0.25, -0.2) is 14.0 Å². The highest BCUT2D eigenvalue weighted by Crippen LogP contribution is 2.19. The van der Waals surface area contributed by atoms with E-state index in [0.717, 1.165) is 6.07 Å². The fourth-order valence-electron chi connectivity index (χ4n) is 1.40. The number of hydrogen-bond donors (Lipinski definition) is 4. The van der Waals surface area contributed by atoms with Crippen LogP contribution in [0.25, 0.3) is 0 Å². The molecule has 7 nitrogen and oxygen atoms in total. The van der Waals surface area contributed by atoms with Gasteiger partial charge in [-0.3, -0.25) is 4.79 Å². The minimum absolute atomic E-state index is 0.0497. The van der Waals surface area contributed by atoms with Crippen LogP contribution in [-0.2, 0) is 4.79 Å². The second kappa shape index (κ2) is 6.21. The lowest BCUT2D eigenvalue weighted by atomic mass is 9.93. The van der Waals surface area contributed by atoms with E-state index in [1.807, 2.05) is 0 Å². The van der Waals surface area contributed by atoms with Crippen LogP contribution in [0.15, 0.2) is 18.2 Å². The molecular weight excluding hydrogens is 281 g/mol. The number of carboxylic acid groups (broad SMARTS) is 1. The molecule has 0 atom stereocenters. The lowest BCUT2D eigenvalue weighted by Crippen LogP contribution is -2.43. The molecule has 0 aliphatic rings.